The van der Waals surface area contributed by atoms with Crippen LogP contribution in [-0.2, 0) is 4.79 Å². The lowest BCUT2D eigenvalue weighted by Gasteiger charge is -2.08. The predicted octanol–water partition coefficient (Wildman–Crippen LogP) is 3.10. The lowest BCUT2D eigenvalue weighted by atomic mass is 10.3. The molecule has 0 aliphatic rings. The van der Waals surface area contributed by atoms with Gasteiger partial charge in [-0.2, -0.15) is 0 Å². The quantitative estimate of drug-likeness (QED) is 0.752. The second-order valence-electron chi connectivity index (χ2n) is 3.93. The highest BCUT2D eigenvalue weighted by atomic mass is 35.5. The molecule has 0 aliphatic carbocycles. The number of para-hydroxylation sites is 1. The van der Waals surface area contributed by atoms with Crippen LogP contribution in [0, 0.1) is 0 Å². The van der Waals surface area contributed by atoms with Crippen LogP contribution in [0.1, 0.15) is 0 Å². The molecule has 1 amide bonds. The molecule has 0 radical (unpaired) electrons. The summed E-state index contributed by atoms with van der Waals surface area (Å²) in [5.74, 6) is -0.201. The van der Waals surface area contributed by atoms with E-state index in [4.69, 9.17) is 11.6 Å². The molecule has 0 bridgehead atoms. The molecule has 0 spiro atoms. The number of nitrogens with one attached hydrogen (secondary N) is 2. The van der Waals surface area contributed by atoms with Crippen molar-refractivity contribution >= 4 is 28.9 Å². The highest BCUT2D eigenvalue weighted by molar-refractivity contribution is 6.32. The number of halogens is 1. The molecule has 2 rings (SSSR count). The summed E-state index contributed by atoms with van der Waals surface area (Å²) in [6.07, 6.45) is 0. The maximum atomic E-state index is 11.7. The molecular weight excluding hydrogens is 264 g/mol. The Kier molecular flexibility index (Phi) is 4.26. The average molecular weight is 277 g/mol. The summed E-state index contributed by atoms with van der Waals surface area (Å²) >= 11 is 5.75. The van der Waals surface area contributed by atoms with E-state index in [9.17, 15) is 9.90 Å². The standard InChI is InChI=1S/C14H13ClN2O2/c15-12-8-11(6-7-13(12)18)17-14(19)9-16-10-4-2-1-3-5-10/h1-8,16,18H,9H2,(H,17,19). The van der Waals surface area contributed by atoms with E-state index >= 15 is 0 Å². The minimum absolute atomic E-state index is 0.0120. The SMILES string of the molecule is O=C(CNc1ccccc1)Nc1ccc(O)c(Cl)c1. The summed E-state index contributed by atoms with van der Waals surface area (Å²) in [6.45, 7) is 0.155. The highest BCUT2D eigenvalue weighted by Gasteiger charge is 2.04. The summed E-state index contributed by atoms with van der Waals surface area (Å²) in [5.41, 5.74) is 1.42. The minimum Gasteiger partial charge on any atom is -0.506 e. The Morgan fingerprint density at radius 2 is 1.84 bits per heavy atom. The molecule has 2 aromatic rings. The van der Waals surface area contributed by atoms with Crippen molar-refractivity contribution in [2.45, 2.75) is 0 Å². The van der Waals surface area contributed by atoms with E-state index in [1.807, 2.05) is 30.3 Å². The van der Waals surface area contributed by atoms with Crippen LogP contribution in [0.2, 0.25) is 5.02 Å². The number of hydrogen-bond donors (Lipinski definition) is 3. The van der Waals surface area contributed by atoms with E-state index in [1.165, 1.54) is 12.1 Å². The van der Waals surface area contributed by atoms with Crippen LogP contribution in [0.5, 0.6) is 5.75 Å². The largest absolute Gasteiger partial charge is 0.506 e. The van der Waals surface area contributed by atoms with Crippen LogP contribution in [-0.4, -0.2) is 17.6 Å². The zero-order valence-corrected chi connectivity index (χ0v) is 10.8. The first-order valence-electron chi connectivity index (χ1n) is 5.72. The van der Waals surface area contributed by atoms with Gasteiger partial charge in [0.15, 0.2) is 0 Å². The van der Waals surface area contributed by atoms with Crippen molar-refractivity contribution < 1.29 is 9.90 Å². The number of carbonyl (C=O) groups excluding carboxylic acids is 1. The van der Waals surface area contributed by atoms with Gasteiger partial charge in [-0.1, -0.05) is 29.8 Å². The maximum absolute atomic E-state index is 11.7. The molecule has 4 nitrogen and oxygen atoms in total. The number of hydrogen-bond acceptors (Lipinski definition) is 3. The van der Waals surface area contributed by atoms with Gasteiger partial charge in [-0.3, -0.25) is 4.79 Å². The predicted molar refractivity (Wildman–Crippen MR) is 76.7 cm³/mol. The van der Waals surface area contributed by atoms with Gasteiger partial charge >= 0.3 is 0 Å². The number of rotatable bonds is 4. The third-order valence-electron chi connectivity index (χ3n) is 2.46. The highest BCUT2D eigenvalue weighted by Crippen LogP contribution is 2.25. The molecule has 0 fully saturated rings. The van der Waals surface area contributed by atoms with Crippen LogP contribution in [0.15, 0.2) is 48.5 Å². The van der Waals surface area contributed by atoms with Gasteiger partial charge in [0.25, 0.3) is 0 Å². The fourth-order valence-corrected chi connectivity index (χ4v) is 1.71. The number of anilines is 2. The van der Waals surface area contributed by atoms with Gasteiger partial charge in [-0.05, 0) is 30.3 Å². The van der Waals surface area contributed by atoms with Gasteiger partial charge in [0.1, 0.15) is 5.75 Å². The fourth-order valence-electron chi connectivity index (χ4n) is 1.53. The first kappa shape index (κ1) is 13.2. The Labute approximate surface area is 116 Å². The smallest absolute Gasteiger partial charge is 0.243 e. The van der Waals surface area contributed by atoms with Crippen LogP contribution in [0.25, 0.3) is 0 Å². The molecule has 0 saturated heterocycles. The molecule has 19 heavy (non-hydrogen) atoms. The second-order valence-corrected chi connectivity index (χ2v) is 4.34. The first-order valence-corrected chi connectivity index (χ1v) is 6.10. The molecule has 0 unspecified atom stereocenters. The van der Waals surface area contributed by atoms with Crippen molar-refractivity contribution in [3.8, 4) is 5.75 Å². The Balaban J connectivity index is 1.89. The fraction of sp³-hybridized carbons (Fsp3) is 0.0714. The van der Waals surface area contributed by atoms with E-state index in [0.29, 0.717) is 5.69 Å². The number of phenols is 1. The third-order valence-corrected chi connectivity index (χ3v) is 2.76. The molecule has 2 aromatic carbocycles. The molecule has 0 atom stereocenters. The average Bonchev–Trinajstić information content (AvgIpc) is 2.42. The maximum Gasteiger partial charge on any atom is 0.243 e. The van der Waals surface area contributed by atoms with E-state index in [0.717, 1.165) is 5.69 Å². The number of aromatic hydroxyl groups is 1. The van der Waals surface area contributed by atoms with Crippen molar-refractivity contribution in [3.63, 3.8) is 0 Å². The number of phenolic OH excluding ortho intramolecular Hbond substituents is 1. The molecular formula is C14H13ClN2O2. The van der Waals surface area contributed by atoms with E-state index in [-0.39, 0.29) is 23.2 Å². The first-order chi connectivity index (χ1) is 9.15. The summed E-state index contributed by atoms with van der Waals surface area (Å²) in [7, 11) is 0. The summed E-state index contributed by atoms with van der Waals surface area (Å²) in [6, 6.07) is 14.0. The van der Waals surface area contributed by atoms with Crippen molar-refractivity contribution in [1.29, 1.82) is 0 Å². The normalized spacial score (nSPS) is 9.95. The number of amides is 1. The molecule has 0 aromatic heterocycles. The van der Waals surface area contributed by atoms with Crippen molar-refractivity contribution in [2.24, 2.45) is 0 Å². The zero-order chi connectivity index (χ0) is 13.7. The molecule has 5 heteroatoms. The molecule has 0 heterocycles. The summed E-state index contributed by atoms with van der Waals surface area (Å²) < 4.78 is 0. The van der Waals surface area contributed by atoms with E-state index in [1.54, 1.807) is 6.07 Å². The molecule has 3 N–H and O–H groups in total. The van der Waals surface area contributed by atoms with Crippen LogP contribution >= 0.6 is 11.6 Å². The number of benzene rings is 2. The van der Waals surface area contributed by atoms with Gasteiger partial charge in [-0.15, -0.1) is 0 Å². The van der Waals surface area contributed by atoms with Crippen LogP contribution in [0.4, 0.5) is 11.4 Å². The topological polar surface area (TPSA) is 61.4 Å². The van der Waals surface area contributed by atoms with E-state index < -0.39 is 0 Å². The lowest BCUT2D eigenvalue weighted by Crippen LogP contribution is -2.21. The second kappa shape index (κ2) is 6.11. The van der Waals surface area contributed by atoms with Gasteiger partial charge in [0, 0.05) is 11.4 Å². The molecule has 0 aliphatic heterocycles. The third kappa shape index (κ3) is 3.89. The van der Waals surface area contributed by atoms with Crippen molar-refractivity contribution in [1.82, 2.24) is 0 Å². The minimum atomic E-state index is -0.189. The molecule has 98 valence electrons. The van der Waals surface area contributed by atoms with E-state index in [2.05, 4.69) is 10.6 Å². The Morgan fingerprint density at radius 1 is 1.11 bits per heavy atom. The van der Waals surface area contributed by atoms with Crippen LogP contribution < -0.4 is 10.6 Å². The van der Waals surface area contributed by atoms with Crippen molar-refractivity contribution in [2.75, 3.05) is 17.2 Å². The molecule has 0 saturated carbocycles. The van der Waals surface area contributed by atoms with Gasteiger partial charge in [0.2, 0.25) is 5.91 Å². The van der Waals surface area contributed by atoms with Crippen molar-refractivity contribution in [3.05, 3.63) is 53.6 Å². The summed E-state index contributed by atoms with van der Waals surface area (Å²) in [5, 5.41) is 15.2. The number of carbonyl (C=O) groups is 1. The lowest BCUT2D eigenvalue weighted by molar-refractivity contribution is -0.114. The van der Waals surface area contributed by atoms with Gasteiger partial charge < -0.3 is 15.7 Å². The monoisotopic (exact) mass is 276 g/mol. The Bertz CT molecular complexity index is 573. The van der Waals surface area contributed by atoms with Gasteiger partial charge in [0.05, 0.1) is 11.6 Å². The summed E-state index contributed by atoms with van der Waals surface area (Å²) in [4.78, 5) is 11.7. The Morgan fingerprint density at radius 3 is 2.53 bits per heavy atom. The zero-order valence-electron chi connectivity index (χ0n) is 10.1. The van der Waals surface area contributed by atoms with Crippen LogP contribution in [0.3, 0.4) is 0 Å². The van der Waals surface area contributed by atoms with Gasteiger partial charge in [-0.25, -0.2) is 0 Å². The Hall–Kier alpha value is -2.20.